The average Bonchev–Trinajstić information content (AvgIpc) is 2.96. The molecule has 3 rings (SSSR count). The summed E-state index contributed by atoms with van der Waals surface area (Å²) in [5, 5.41) is 12.8. The van der Waals surface area contributed by atoms with E-state index in [2.05, 4.69) is 5.32 Å². The largest absolute Gasteiger partial charge is 0.396 e. The third-order valence-corrected chi connectivity index (χ3v) is 5.19. The van der Waals surface area contributed by atoms with Gasteiger partial charge in [-0.1, -0.05) is 11.6 Å². The van der Waals surface area contributed by atoms with Crippen molar-refractivity contribution in [3.63, 3.8) is 0 Å². The number of likely N-dealkylation sites (tertiary alicyclic amines) is 1. The van der Waals surface area contributed by atoms with Gasteiger partial charge in [0.25, 0.3) is 0 Å². The number of hydrogen-bond acceptors (Lipinski definition) is 3. The van der Waals surface area contributed by atoms with Gasteiger partial charge in [0.1, 0.15) is 0 Å². The number of urea groups is 1. The SMILES string of the molecule is O=C1C[C@@H](NC(=O)N2CCCC[C@H]2CCO)CN1c1ccc(Cl)cc1. The third kappa shape index (κ3) is 4.25. The Bertz CT molecular complexity index is 620. The highest BCUT2D eigenvalue weighted by Gasteiger charge is 2.34. The van der Waals surface area contributed by atoms with Crippen LogP contribution in [0.5, 0.6) is 0 Å². The van der Waals surface area contributed by atoms with Gasteiger partial charge >= 0.3 is 6.03 Å². The van der Waals surface area contributed by atoms with Crippen LogP contribution in [0.15, 0.2) is 24.3 Å². The lowest BCUT2D eigenvalue weighted by molar-refractivity contribution is -0.117. The maximum absolute atomic E-state index is 12.6. The van der Waals surface area contributed by atoms with Gasteiger partial charge in [-0.15, -0.1) is 0 Å². The van der Waals surface area contributed by atoms with Crippen LogP contribution >= 0.6 is 11.6 Å². The molecule has 0 radical (unpaired) electrons. The van der Waals surface area contributed by atoms with Crippen molar-refractivity contribution >= 4 is 29.2 Å². The molecule has 0 aromatic heterocycles. The monoisotopic (exact) mass is 365 g/mol. The van der Waals surface area contributed by atoms with E-state index in [9.17, 15) is 14.7 Å². The van der Waals surface area contributed by atoms with Gasteiger partial charge in [0.05, 0.1) is 6.04 Å². The first kappa shape index (κ1) is 18.0. The van der Waals surface area contributed by atoms with Gasteiger partial charge in [-0.25, -0.2) is 4.79 Å². The van der Waals surface area contributed by atoms with Crippen molar-refractivity contribution in [3.8, 4) is 0 Å². The van der Waals surface area contributed by atoms with Gasteiger partial charge in [-0.2, -0.15) is 0 Å². The van der Waals surface area contributed by atoms with Crippen molar-refractivity contribution in [2.75, 3.05) is 24.6 Å². The number of aliphatic hydroxyl groups is 1. The van der Waals surface area contributed by atoms with E-state index in [4.69, 9.17) is 11.6 Å². The highest BCUT2D eigenvalue weighted by molar-refractivity contribution is 6.30. The van der Waals surface area contributed by atoms with E-state index in [1.165, 1.54) is 0 Å². The van der Waals surface area contributed by atoms with E-state index in [1.54, 1.807) is 17.0 Å². The smallest absolute Gasteiger partial charge is 0.317 e. The molecule has 2 saturated heterocycles. The topological polar surface area (TPSA) is 72.9 Å². The van der Waals surface area contributed by atoms with Crippen LogP contribution in [-0.2, 0) is 4.79 Å². The van der Waals surface area contributed by atoms with Crippen molar-refractivity contribution in [2.24, 2.45) is 0 Å². The van der Waals surface area contributed by atoms with Gasteiger partial charge < -0.3 is 20.2 Å². The molecule has 0 bridgehead atoms. The van der Waals surface area contributed by atoms with Crippen LogP contribution in [0.4, 0.5) is 10.5 Å². The Hall–Kier alpha value is -1.79. The first-order valence-corrected chi connectivity index (χ1v) is 9.20. The summed E-state index contributed by atoms with van der Waals surface area (Å²) in [4.78, 5) is 28.4. The van der Waals surface area contributed by atoms with Crippen LogP contribution in [0.1, 0.15) is 32.1 Å². The van der Waals surface area contributed by atoms with E-state index in [1.807, 2.05) is 17.0 Å². The molecule has 0 spiro atoms. The quantitative estimate of drug-likeness (QED) is 0.860. The van der Waals surface area contributed by atoms with Crippen molar-refractivity contribution in [3.05, 3.63) is 29.3 Å². The summed E-state index contributed by atoms with van der Waals surface area (Å²) < 4.78 is 0. The summed E-state index contributed by atoms with van der Waals surface area (Å²) in [7, 11) is 0. The number of aliphatic hydroxyl groups excluding tert-OH is 1. The number of benzene rings is 1. The number of nitrogens with zero attached hydrogens (tertiary/aromatic N) is 2. The number of anilines is 1. The van der Waals surface area contributed by atoms with Crippen LogP contribution in [0, 0.1) is 0 Å². The summed E-state index contributed by atoms with van der Waals surface area (Å²) in [6.07, 6.45) is 3.89. The third-order valence-electron chi connectivity index (χ3n) is 4.94. The van der Waals surface area contributed by atoms with Crippen LogP contribution in [0.3, 0.4) is 0 Å². The molecule has 25 heavy (non-hydrogen) atoms. The van der Waals surface area contributed by atoms with E-state index >= 15 is 0 Å². The number of halogens is 1. The van der Waals surface area contributed by atoms with E-state index in [0.29, 0.717) is 31.0 Å². The highest BCUT2D eigenvalue weighted by atomic mass is 35.5. The Balaban J connectivity index is 1.60. The fourth-order valence-electron chi connectivity index (χ4n) is 3.65. The Labute approximate surface area is 152 Å². The summed E-state index contributed by atoms with van der Waals surface area (Å²) in [5.41, 5.74) is 0.794. The highest BCUT2D eigenvalue weighted by Crippen LogP contribution is 2.24. The first-order chi connectivity index (χ1) is 12.1. The molecule has 2 atom stereocenters. The molecule has 0 saturated carbocycles. The Morgan fingerprint density at radius 2 is 2.04 bits per heavy atom. The molecule has 6 nitrogen and oxygen atoms in total. The van der Waals surface area contributed by atoms with Gasteiger partial charge in [0.2, 0.25) is 5.91 Å². The van der Waals surface area contributed by atoms with Crippen molar-refractivity contribution in [1.29, 1.82) is 0 Å². The van der Waals surface area contributed by atoms with E-state index in [0.717, 1.165) is 24.9 Å². The van der Waals surface area contributed by atoms with Crippen LogP contribution < -0.4 is 10.2 Å². The van der Waals surface area contributed by atoms with Crippen molar-refractivity contribution in [1.82, 2.24) is 10.2 Å². The standard InChI is InChI=1S/C18H24ClN3O3/c19-13-4-6-16(7-5-13)22-12-14(11-17(22)24)20-18(25)21-9-2-1-3-15(21)8-10-23/h4-7,14-15,23H,1-3,8-12H2,(H,20,25)/t14-,15+/m1/s1. The van der Waals surface area contributed by atoms with Crippen LogP contribution in [0.25, 0.3) is 0 Å². The summed E-state index contributed by atoms with van der Waals surface area (Å²) >= 11 is 5.89. The predicted molar refractivity (Wildman–Crippen MR) is 96.8 cm³/mol. The lowest BCUT2D eigenvalue weighted by Gasteiger charge is -2.36. The second-order valence-electron chi connectivity index (χ2n) is 6.69. The molecule has 2 aliphatic heterocycles. The second-order valence-corrected chi connectivity index (χ2v) is 7.12. The number of rotatable bonds is 4. The predicted octanol–water partition coefficient (Wildman–Crippen LogP) is 2.39. The molecule has 0 unspecified atom stereocenters. The average molecular weight is 366 g/mol. The van der Waals surface area contributed by atoms with Crippen molar-refractivity contribution < 1.29 is 14.7 Å². The number of carbonyl (C=O) groups is 2. The molecule has 136 valence electrons. The maximum Gasteiger partial charge on any atom is 0.317 e. The molecule has 2 N–H and O–H groups in total. The lowest BCUT2D eigenvalue weighted by Crippen LogP contribution is -2.52. The van der Waals surface area contributed by atoms with E-state index < -0.39 is 0 Å². The molecule has 7 heteroatoms. The zero-order valence-corrected chi connectivity index (χ0v) is 14.9. The Morgan fingerprint density at radius 1 is 1.28 bits per heavy atom. The molecule has 2 fully saturated rings. The molecular weight excluding hydrogens is 342 g/mol. The minimum absolute atomic E-state index is 0.00169. The molecule has 2 heterocycles. The second kappa shape index (κ2) is 8.06. The molecule has 1 aromatic carbocycles. The molecular formula is C18H24ClN3O3. The number of amides is 3. The van der Waals surface area contributed by atoms with E-state index in [-0.39, 0.29) is 30.6 Å². The maximum atomic E-state index is 12.6. The summed E-state index contributed by atoms with van der Waals surface area (Å²) in [6, 6.07) is 6.88. The molecule has 2 aliphatic rings. The fourth-order valence-corrected chi connectivity index (χ4v) is 3.78. The number of carbonyl (C=O) groups excluding carboxylic acids is 2. The Kier molecular flexibility index (Phi) is 5.81. The summed E-state index contributed by atoms with van der Waals surface area (Å²) in [6.45, 7) is 1.25. The number of hydrogen-bond donors (Lipinski definition) is 2. The van der Waals surface area contributed by atoms with Gasteiger partial charge in [0.15, 0.2) is 0 Å². The summed E-state index contributed by atoms with van der Waals surface area (Å²) in [5.74, 6) is -0.00169. The zero-order chi connectivity index (χ0) is 17.8. The van der Waals surface area contributed by atoms with Gasteiger partial charge in [-0.05, 0) is 49.9 Å². The minimum atomic E-state index is -0.201. The Morgan fingerprint density at radius 3 is 2.76 bits per heavy atom. The minimum Gasteiger partial charge on any atom is -0.396 e. The number of nitrogens with one attached hydrogen (secondary N) is 1. The normalized spacial score (nSPS) is 23.8. The zero-order valence-electron chi connectivity index (χ0n) is 14.2. The van der Waals surface area contributed by atoms with Gasteiger partial charge in [-0.3, -0.25) is 4.79 Å². The fraction of sp³-hybridized carbons (Fsp3) is 0.556. The molecule has 1 aromatic rings. The number of piperidine rings is 1. The van der Waals surface area contributed by atoms with Crippen LogP contribution in [-0.4, -0.2) is 53.7 Å². The van der Waals surface area contributed by atoms with Crippen LogP contribution in [0.2, 0.25) is 5.02 Å². The molecule has 3 amide bonds. The van der Waals surface area contributed by atoms with Crippen molar-refractivity contribution in [2.45, 2.75) is 44.2 Å². The lowest BCUT2D eigenvalue weighted by atomic mass is 10.00. The molecule has 0 aliphatic carbocycles. The van der Waals surface area contributed by atoms with Gasteiger partial charge in [0, 0.05) is 42.9 Å². The first-order valence-electron chi connectivity index (χ1n) is 8.82.